The van der Waals surface area contributed by atoms with E-state index in [-0.39, 0.29) is 36.5 Å². The molecule has 0 spiro atoms. The van der Waals surface area contributed by atoms with Crippen molar-refractivity contribution in [1.82, 2.24) is 4.90 Å². The maximum absolute atomic E-state index is 12.1. The van der Waals surface area contributed by atoms with Crippen LogP contribution in [0.3, 0.4) is 0 Å². The van der Waals surface area contributed by atoms with E-state index in [1.807, 2.05) is 18.7 Å². The van der Waals surface area contributed by atoms with Gasteiger partial charge in [-0.2, -0.15) is 0 Å². The van der Waals surface area contributed by atoms with Gasteiger partial charge in [0.2, 0.25) is 0 Å². The highest BCUT2D eigenvalue weighted by atomic mass is 16.3. The molecule has 0 aliphatic rings. The van der Waals surface area contributed by atoms with E-state index < -0.39 is 0 Å². The van der Waals surface area contributed by atoms with E-state index in [9.17, 15) is 15.0 Å². The fourth-order valence-corrected chi connectivity index (χ4v) is 1.77. The molecule has 5 nitrogen and oxygen atoms in total. The second-order valence-corrected chi connectivity index (χ2v) is 4.77. The predicted molar refractivity (Wildman–Crippen MR) is 72.5 cm³/mol. The van der Waals surface area contributed by atoms with Gasteiger partial charge >= 0.3 is 0 Å². The zero-order valence-corrected chi connectivity index (χ0v) is 11.3. The summed E-state index contributed by atoms with van der Waals surface area (Å²) in [5, 5.41) is 27.4. The quantitative estimate of drug-likeness (QED) is 0.513. The van der Waals surface area contributed by atoms with Crippen LogP contribution < -0.4 is 0 Å². The highest BCUT2D eigenvalue weighted by molar-refractivity contribution is 5.98. The minimum Gasteiger partial charge on any atom is -0.504 e. The summed E-state index contributed by atoms with van der Waals surface area (Å²) in [4.78, 5) is 14.1. The fourth-order valence-electron chi connectivity index (χ4n) is 1.77. The Bertz CT molecular complexity index is 431. The van der Waals surface area contributed by atoms with Gasteiger partial charge < -0.3 is 15.3 Å². The largest absolute Gasteiger partial charge is 0.504 e. The number of Topliss-reactive ketones (excluding diaryl/α,β-unsaturated/α-hetero) is 1. The molecular formula is C14H21NO4. The number of aliphatic hydroxyl groups is 1. The van der Waals surface area contributed by atoms with Crippen LogP contribution in [0.5, 0.6) is 11.5 Å². The number of benzene rings is 1. The second kappa shape index (κ2) is 7.11. The predicted octanol–water partition coefficient (Wildman–Crippen LogP) is 1.37. The number of rotatable bonds is 7. The Kier molecular flexibility index (Phi) is 5.79. The lowest BCUT2D eigenvalue weighted by Crippen LogP contribution is -2.36. The van der Waals surface area contributed by atoms with Crippen LogP contribution in [-0.4, -0.2) is 51.7 Å². The first-order chi connectivity index (χ1) is 8.95. The van der Waals surface area contributed by atoms with Gasteiger partial charge in [0.15, 0.2) is 17.3 Å². The number of hydrogen-bond acceptors (Lipinski definition) is 5. The molecule has 106 valence electrons. The number of phenols is 2. The maximum atomic E-state index is 12.1. The molecule has 1 aromatic rings. The third-order valence-electron chi connectivity index (χ3n) is 2.98. The number of ketones is 1. The normalized spacial score (nSPS) is 11.2. The molecule has 3 N–H and O–H groups in total. The van der Waals surface area contributed by atoms with Crippen molar-refractivity contribution in [2.75, 3.05) is 19.7 Å². The Morgan fingerprint density at radius 1 is 1.26 bits per heavy atom. The number of nitrogens with zero attached hydrogens (tertiary/aromatic N) is 1. The van der Waals surface area contributed by atoms with Crippen molar-refractivity contribution in [1.29, 1.82) is 0 Å². The van der Waals surface area contributed by atoms with Gasteiger partial charge in [-0.05, 0) is 38.5 Å². The molecule has 0 bridgehead atoms. The highest BCUT2D eigenvalue weighted by Gasteiger charge is 2.16. The summed E-state index contributed by atoms with van der Waals surface area (Å²) in [6, 6.07) is 4.25. The first-order valence-corrected chi connectivity index (χ1v) is 6.35. The molecule has 19 heavy (non-hydrogen) atoms. The zero-order chi connectivity index (χ0) is 14.4. The monoisotopic (exact) mass is 267 g/mol. The number of aliphatic hydroxyl groups excluding tert-OH is 1. The zero-order valence-electron chi connectivity index (χ0n) is 11.3. The molecule has 0 saturated heterocycles. The molecule has 5 heteroatoms. The third kappa shape index (κ3) is 4.54. The number of phenolic OH excluding ortho intramolecular Hbond substituents is 2. The lowest BCUT2D eigenvalue weighted by molar-refractivity contribution is 0.0896. The van der Waals surface area contributed by atoms with E-state index in [4.69, 9.17) is 5.11 Å². The molecule has 0 atom stereocenters. The van der Waals surface area contributed by atoms with Gasteiger partial charge in [0, 0.05) is 24.8 Å². The average Bonchev–Trinajstić information content (AvgIpc) is 2.37. The first kappa shape index (κ1) is 15.5. The Labute approximate surface area is 113 Å². The minimum atomic E-state index is -0.294. The van der Waals surface area contributed by atoms with Gasteiger partial charge in [-0.3, -0.25) is 9.69 Å². The Morgan fingerprint density at radius 2 is 1.95 bits per heavy atom. The van der Waals surface area contributed by atoms with Crippen LogP contribution in [-0.2, 0) is 0 Å². The van der Waals surface area contributed by atoms with Gasteiger partial charge in [-0.1, -0.05) is 0 Å². The molecule has 0 aliphatic carbocycles. The summed E-state index contributed by atoms with van der Waals surface area (Å²) in [5.74, 6) is -0.656. The lowest BCUT2D eigenvalue weighted by atomic mass is 10.1. The van der Waals surface area contributed by atoms with E-state index >= 15 is 0 Å². The van der Waals surface area contributed by atoms with Gasteiger partial charge in [-0.15, -0.1) is 0 Å². The molecule has 0 aromatic heterocycles. The second-order valence-electron chi connectivity index (χ2n) is 4.77. The molecule has 0 radical (unpaired) electrons. The van der Waals surface area contributed by atoms with Gasteiger partial charge in [0.25, 0.3) is 0 Å². The Morgan fingerprint density at radius 3 is 2.47 bits per heavy atom. The SMILES string of the molecule is CC(C)N(CCCO)CC(=O)c1ccc(O)c(O)c1. The topological polar surface area (TPSA) is 81.0 Å². The van der Waals surface area contributed by atoms with E-state index in [0.717, 1.165) is 0 Å². The molecule has 0 unspecified atom stereocenters. The molecule has 1 rings (SSSR count). The van der Waals surface area contributed by atoms with Gasteiger partial charge in [-0.25, -0.2) is 0 Å². The Hall–Kier alpha value is -1.59. The van der Waals surface area contributed by atoms with Gasteiger partial charge in [0.05, 0.1) is 6.54 Å². The number of carbonyl (C=O) groups excluding carboxylic acids is 1. The van der Waals surface area contributed by atoms with Crippen molar-refractivity contribution in [3.05, 3.63) is 23.8 Å². The lowest BCUT2D eigenvalue weighted by Gasteiger charge is -2.25. The number of hydrogen-bond donors (Lipinski definition) is 3. The summed E-state index contributed by atoms with van der Waals surface area (Å²) in [5.41, 5.74) is 0.366. The van der Waals surface area contributed by atoms with Crippen molar-refractivity contribution < 1.29 is 20.1 Å². The van der Waals surface area contributed by atoms with Crippen molar-refractivity contribution in [2.45, 2.75) is 26.3 Å². The molecule has 0 aliphatic heterocycles. The molecule has 0 saturated carbocycles. The van der Waals surface area contributed by atoms with Crippen LogP contribution >= 0.6 is 0 Å². The van der Waals surface area contributed by atoms with Crippen molar-refractivity contribution in [3.63, 3.8) is 0 Å². The highest BCUT2D eigenvalue weighted by Crippen LogP contribution is 2.25. The Balaban J connectivity index is 2.73. The van der Waals surface area contributed by atoms with Crippen LogP contribution in [0.4, 0.5) is 0 Å². The summed E-state index contributed by atoms with van der Waals surface area (Å²) < 4.78 is 0. The van der Waals surface area contributed by atoms with E-state index in [0.29, 0.717) is 18.5 Å². The van der Waals surface area contributed by atoms with Crippen LogP contribution in [0.1, 0.15) is 30.6 Å². The fraction of sp³-hybridized carbons (Fsp3) is 0.500. The van der Waals surface area contributed by atoms with Crippen molar-refractivity contribution in [3.8, 4) is 11.5 Å². The van der Waals surface area contributed by atoms with E-state index in [1.165, 1.54) is 18.2 Å². The van der Waals surface area contributed by atoms with Crippen LogP contribution in [0, 0.1) is 0 Å². The summed E-state index contributed by atoms with van der Waals surface area (Å²) >= 11 is 0. The van der Waals surface area contributed by atoms with Crippen molar-refractivity contribution >= 4 is 5.78 Å². The van der Waals surface area contributed by atoms with Gasteiger partial charge in [0.1, 0.15) is 0 Å². The van der Waals surface area contributed by atoms with Crippen LogP contribution in [0.2, 0.25) is 0 Å². The minimum absolute atomic E-state index is 0.0947. The van der Waals surface area contributed by atoms with E-state index in [1.54, 1.807) is 0 Å². The summed E-state index contributed by atoms with van der Waals surface area (Å²) in [6.45, 7) is 4.93. The summed E-state index contributed by atoms with van der Waals surface area (Å²) in [6.07, 6.45) is 0.617. The molecule has 1 aromatic carbocycles. The van der Waals surface area contributed by atoms with E-state index in [2.05, 4.69) is 0 Å². The molecular weight excluding hydrogens is 246 g/mol. The average molecular weight is 267 g/mol. The summed E-state index contributed by atoms with van der Waals surface area (Å²) in [7, 11) is 0. The third-order valence-corrected chi connectivity index (χ3v) is 2.98. The first-order valence-electron chi connectivity index (χ1n) is 6.35. The van der Waals surface area contributed by atoms with Crippen LogP contribution in [0.15, 0.2) is 18.2 Å². The maximum Gasteiger partial charge on any atom is 0.176 e. The smallest absolute Gasteiger partial charge is 0.176 e. The molecule has 0 heterocycles. The number of aromatic hydroxyl groups is 2. The van der Waals surface area contributed by atoms with Crippen molar-refractivity contribution in [2.24, 2.45) is 0 Å². The standard InChI is InChI=1S/C14H21NO4/c1-10(2)15(6-3-7-16)9-14(19)11-4-5-12(17)13(18)8-11/h4-5,8,10,16-18H,3,6-7,9H2,1-2H3. The number of carbonyl (C=O) groups is 1. The molecule has 0 amide bonds. The molecule has 0 fully saturated rings. The van der Waals surface area contributed by atoms with Crippen LogP contribution in [0.25, 0.3) is 0 Å².